The summed E-state index contributed by atoms with van der Waals surface area (Å²) in [6.07, 6.45) is 0. The minimum Gasteiger partial charge on any atom is -0.422 e. The average molecular weight is 312 g/mol. The third-order valence-electron chi connectivity index (χ3n) is 4.18. The van der Waals surface area contributed by atoms with Crippen LogP contribution in [0, 0.1) is 6.92 Å². The standard InChI is InChI=1S/C22H16O2/c1-15-12-13-18-19(14-15)20(16-8-4-2-5-9-16)21(24-22(18)23)17-10-6-3-7-11-17/h2-14H,1H3. The van der Waals surface area contributed by atoms with Gasteiger partial charge in [-0.05, 0) is 18.6 Å². The van der Waals surface area contributed by atoms with Crippen molar-refractivity contribution in [3.63, 3.8) is 0 Å². The Morgan fingerprint density at radius 1 is 0.708 bits per heavy atom. The Bertz CT molecular complexity index is 1060. The van der Waals surface area contributed by atoms with Crippen molar-refractivity contribution in [3.8, 4) is 22.5 Å². The molecule has 0 fully saturated rings. The van der Waals surface area contributed by atoms with Crippen LogP contribution >= 0.6 is 0 Å². The fraction of sp³-hybridized carbons (Fsp3) is 0.0455. The predicted molar refractivity (Wildman–Crippen MR) is 98.1 cm³/mol. The fourth-order valence-corrected chi connectivity index (χ4v) is 3.05. The van der Waals surface area contributed by atoms with Gasteiger partial charge in [0, 0.05) is 16.5 Å². The molecule has 0 aliphatic rings. The quantitative estimate of drug-likeness (QED) is 0.493. The SMILES string of the molecule is Cc1ccc2c(=O)oc(-c3ccccc3)c(-c3ccccc3)c2c1. The molecule has 0 amide bonds. The molecule has 0 bridgehead atoms. The second-order valence-electron chi connectivity index (χ2n) is 5.87. The van der Waals surface area contributed by atoms with Gasteiger partial charge in [0.25, 0.3) is 0 Å². The van der Waals surface area contributed by atoms with E-state index in [-0.39, 0.29) is 5.63 Å². The van der Waals surface area contributed by atoms with Crippen molar-refractivity contribution >= 4 is 10.8 Å². The maximum atomic E-state index is 12.5. The maximum Gasteiger partial charge on any atom is 0.344 e. The molecule has 0 aliphatic heterocycles. The molecule has 0 atom stereocenters. The van der Waals surface area contributed by atoms with Gasteiger partial charge in [-0.15, -0.1) is 0 Å². The Balaban J connectivity index is 2.18. The normalized spacial score (nSPS) is 10.9. The molecule has 24 heavy (non-hydrogen) atoms. The van der Waals surface area contributed by atoms with Crippen molar-refractivity contribution in [2.75, 3.05) is 0 Å². The van der Waals surface area contributed by atoms with E-state index >= 15 is 0 Å². The smallest absolute Gasteiger partial charge is 0.344 e. The summed E-state index contributed by atoms with van der Waals surface area (Å²) in [6, 6.07) is 25.7. The van der Waals surface area contributed by atoms with Gasteiger partial charge in [0.15, 0.2) is 0 Å². The van der Waals surface area contributed by atoms with E-state index in [1.807, 2.05) is 79.7 Å². The van der Waals surface area contributed by atoms with E-state index in [4.69, 9.17) is 4.42 Å². The van der Waals surface area contributed by atoms with Crippen molar-refractivity contribution < 1.29 is 4.42 Å². The molecule has 0 N–H and O–H groups in total. The number of rotatable bonds is 2. The molecule has 0 spiro atoms. The van der Waals surface area contributed by atoms with Crippen LogP contribution in [-0.4, -0.2) is 0 Å². The van der Waals surface area contributed by atoms with Gasteiger partial charge in [0.2, 0.25) is 0 Å². The molecular formula is C22H16O2. The van der Waals surface area contributed by atoms with Gasteiger partial charge in [-0.25, -0.2) is 4.79 Å². The van der Waals surface area contributed by atoms with Crippen LogP contribution in [0.4, 0.5) is 0 Å². The van der Waals surface area contributed by atoms with Gasteiger partial charge in [-0.1, -0.05) is 78.4 Å². The highest BCUT2D eigenvalue weighted by Gasteiger charge is 2.17. The molecule has 4 aromatic rings. The molecule has 3 aromatic carbocycles. The van der Waals surface area contributed by atoms with E-state index in [2.05, 4.69) is 6.07 Å². The van der Waals surface area contributed by atoms with Crippen LogP contribution in [0.2, 0.25) is 0 Å². The second-order valence-corrected chi connectivity index (χ2v) is 5.87. The Morgan fingerprint density at radius 2 is 1.33 bits per heavy atom. The van der Waals surface area contributed by atoms with Gasteiger partial charge in [0.05, 0.1) is 5.39 Å². The van der Waals surface area contributed by atoms with Crippen LogP contribution < -0.4 is 5.63 Å². The van der Waals surface area contributed by atoms with Gasteiger partial charge >= 0.3 is 5.63 Å². The van der Waals surface area contributed by atoms with Gasteiger partial charge in [-0.2, -0.15) is 0 Å². The Labute approximate surface area is 140 Å². The number of hydrogen-bond acceptors (Lipinski definition) is 2. The van der Waals surface area contributed by atoms with Crippen molar-refractivity contribution in [1.29, 1.82) is 0 Å². The number of fused-ring (bicyclic) bond motifs is 1. The van der Waals surface area contributed by atoms with Crippen molar-refractivity contribution in [2.45, 2.75) is 6.92 Å². The first-order chi connectivity index (χ1) is 11.7. The van der Waals surface area contributed by atoms with Crippen LogP contribution in [0.1, 0.15) is 5.56 Å². The second kappa shape index (κ2) is 5.82. The van der Waals surface area contributed by atoms with Crippen LogP contribution in [0.25, 0.3) is 33.2 Å². The molecule has 0 radical (unpaired) electrons. The summed E-state index contributed by atoms with van der Waals surface area (Å²) in [5.41, 5.74) is 3.71. The average Bonchev–Trinajstić information content (AvgIpc) is 2.63. The molecule has 1 aromatic heterocycles. The maximum absolute atomic E-state index is 12.5. The topological polar surface area (TPSA) is 30.2 Å². The van der Waals surface area contributed by atoms with E-state index in [9.17, 15) is 4.79 Å². The number of aryl methyl sites for hydroxylation is 1. The van der Waals surface area contributed by atoms with E-state index in [0.717, 1.165) is 27.6 Å². The minimum absolute atomic E-state index is 0.302. The zero-order valence-corrected chi connectivity index (χ0v) is 13.3. The lowest BCUT2D eigenvalue weighted by Crippen LogP contribution is -2.03. The van der Waals surface area contributed by atoms with Crippen LogP contribution in [0.5, 0.6) is 0 Å². The molecule has 0 unspecified atom stereocenters. The summed E-state index contributed by atoms with van der Waals surface area (Å²) >= 11 is 0. The third-order valence-corrected chi connectivity index (χ3v) is 4.18. The van der Waals surface area contributed by atoms with E-state index in [1.165, 1.54) is 0 Å². The largest absolute Gasteiger partial charge is 0.422 e. The molecule has 4 rings (SSSR count). The lowest BCUT2D eigenvalue weighted by molar-refractivity contribution is 0.536. The van der Waals surface area contributed by atoms with Gasteiger partial charge < -0.3 is 4.42 Å². The summed E-state index contributed by atoms with van der Waals surface area (Å²) in [4.78, 5) is 12.5. The first-order valence-corrected chi connectivity index (χ1v) is 7.92. The molecule has 116 valence electrons. The van der Waals surface area contributed by atoms with E-state index < -0.39 is 0 Å². The monoisotopic (exact) mass is 312 g/mol. The summed E-state index contributed by atoms with van der Waals surface area (Å²) in [6.45, 7) is 2.03. The van der Waals surface area contributed by atoms with Crippen molar-refractivity contribution in [3.05, 3.63) is 94.8 Å². The zero-order chi connectivity index (χ0) is 16.5. The van der Waals surface area contributed by atoms with Crippen LogP contribution in [0.15, 0.2) is 88.1 Å². The first kappa shape index (κ1) is 14.5. The molecule has 2 heteroatoms. The van der Waals surface area contributed by atoms with E-state index in [0.29, 0.717) is 11.1 Å². The molecule has 0 saturated carbocycles. The lowest BCUT2D eigenvalue weighted by atomic mass is 9.94. The number of benzene rings is 3. The summed E-state index contributed by atoms with van der Waals surface area (Å²) in [5, 5.41) is 1.54. The molecular weight excluding hydrogens is 296 g/mol. The van der Waals surface area contributed by atoms with Crippen molar-refractivity contribution in [2.24, 2.45) is 0 Å². The third kappa shape index (κ3) is 2.42. The van der Waals surface area contributed by atoms with Gasteiger partial charge in [-0.3, -0.25) is 0 Å². The van der Waals surface area contributed by atoms with E-state index in [1.54, 1.807) is 0 Å². The Hall–Kier alpha value is -3.13. The predicted octanol–water partition coefficient (Wildman–Crippen LogP) is 5.44. The first-order valence-electron chi connectivity index (χ1n) is 7.92. The molecule has 0 saturated heterocycles. The highest BCUT2D eigenvalue weighted by atomic mass is 16.4. The summed E-state index contributed by atoms with van der Waals surface area (Å²) < 4.78 is 5.75. The zero-order valence-electron chi connectivity index (χ0n) is 13.3. The lowest BCUT2D eigenvalue weighted by Gasteiger charge is -2.12. The van der Waals surface area contributed by atoms with Crippen molar-refractivity contribution in [1.82, 2.24) is 0 Å². The van der Waals surface area contributed by atoms with Gasteiger partial charge in [0.1, 0.15) is 5.76 Å². The fourth-order valence-electron chi connectivity index (χ4n) is 3.05. The molecule has 2 nitrogen and oxygen atoms in total. The summed E-state index contributed by atoms with van der Waals surface area (Å²) in [7, 11) is 0. The number of hydrogen-bond donors (Lipinski definition) is 0. The Morgan fingerprint density at radius 3 is 2.00 bits per heavy atom. The minimum atomic E-state index is -0.302. The Kier molecular flexibility index (Phi) is 3.51. The molecule has 1 heterocycles. The highest BCUT2D eigenvalue weighted by Crippen LogP contribution is 2.36. The molecule has 0 aliphatic carbocycles. The van der Waals surface area contributed by atoms with Crippen LogP contribution in [0.3, 0.4) is 0 Å². The summed E-state index contributed by atoms with van der Waals surface area (Å²) in [5.74, 6) is 0.616. The van der Waals surface area contributed by atoms with Crippen LogP contribution in [-0.2, 0) is 0 Å². The highest BCUT2D eigenvalue weighted by molar-refractivity contribution is 6.01.